The van der Waals surface area contributed by atoms with E-state index >= 15 is 0 Å². The van der Waals surface area contributed by atoms with Gasteiger partial charge in [0.15, 0.2) is 0 Å². The van der Waals surface area contributed by atoms with Crippen LogP contribution in [0.3, 0.4) is 0 Å². The molecule has 0 aliphatic carbocycles. The highest BCUT2D eigenvalue weighted by Gasteiger charge is 2.09. The Morgan fingerprint density at radius 1 is 1.35 bits per heavy atom. The molecule has 1 aromatic carbocycles. The van der Waals surface area contributed by atoms with Gasteiger partial charge in [0, 0.05) is 5.69 Å². The van der Waals surface area contributed by atoms with Crippen molar-refractivity contribution in [1.82, 2.24) is 0 Å². The summed E-state index contributed by atoms with van der Waals surface area (Å²) in [6, 6.07) is 4.47. The SMILES string of the molecule is Cc1cc(C(=O)O)ccc1NC(=O)OC(C)C. The summed E-state index contributed by atoms with van der Waals surface area (Å²) in [5.74, 6) is -0.996. The average Bonchev–Trinajstić information content (AvgIpc) is 2.19. The van der Waals surface area contributed by atoms with Crippen LogP contribution in [0, 0.1) is 6.92 Å². The van der Waals surface area contributed by atoms with Gasteiger partial charge < -0.3 is 9.84 Å². The number of nitrogens with one attached hydrogen (secondary N) is 1. The molecular formula is C12H15NO4. The molecule has 0 unspecified atom stereocenters. The van der Waals surface area contributed by atoms with Crippen molar-refractivity contribution in [3.05, 3.63) is 29.3 Å². The van der Waals surface area contributed by atoms with Gasteiger partial charge in [-0.2, -0.15) is 0 Å². The van der Waals surface area contributed by atoms with Crippen LogP contribution in [-0.2, 0) is 4.74 Å². The van der Waals surface area contributed by atoms with Gasteiger partial charge in [0.1, 0.15) is 0 Å². The number of benzene rings is 1. The lowest BCUT2D eigenvalue weighted by Gasteiger charge is -2.11. The second-order valence-corrected chi connectivity index (χ2v) is 3.91. The van der Waals surface area contributed by atoms with E-state index in [1.807, 2.05) is 0 Å². The minimum atomic E-state index is -0.996. The highest BCUT2D eigenvalue weighted by atomic mass is 16.6. The number of aromatic carboxylic acids is 1. The fourth-order valence-corrected chi connectivity index (χ4v) is 1.29. The highest BCUT2D eigenvalue weighted by Crippen LogP contribution is 2.17. The maximum absolute atomic E-state index is 11.3. The first-order valence-electron chi connectivity index (χ1n) is 5.21. The molecule has 0 radical (unpaired) electrons. The molecule has 2 N–H and O–H groups in total. The van der Waals surface area contributed by atoms with E-state index in [2.05, 4.69) is 5.32 Å². The summed E-state index contributed by atoms with van der Waals surface area (Å²) in [7, 11) is 0. The first-order valence-corrected chi connectivity index (χ1v) is 5.21. The Morgan fingerprint density at radius 2 is 2.00 bits per heavy atom. The van der Waals surface area contributed by atoms with Gasteiger partial charge in [0.05, 0.1) is 11.7 Å². The van der Waals surface area contributed by atoms with Crippen LogP contribution in [0.25, 0.3) is 0 Å². The van der Waals surface area contributed by atoms with Crippen molar-refractivity contribution in [3.8, 4) is 0 Å². The lowest BCUT2D eigenvalue weighted by molar-refractivity contribution is 0.0696. The van der Waals surface area contributed by atoms with Gasteiger partial charge in [0.25, 0.3) is 0 Å². The topological polar surface area (TPSA) is 75.6 Å². The Balaban J connectivity index is 2.79. The van der Waals surface area contributed by atoms with Gasteiger partial charge >= 0.3 is 12.1 Å². The van der Waals surface area contributed by atoms with Crippen molar-refractivity contribution < 1.29 is 19.4 Å². The van der Waals surface area contributed by atoms with E-state index in [1.54, 1.807) is 26.8 Å². The number of carboxylic acids is 1. The molecule has 0 bridgehead atoms. The molecule has 0 aliphatic rings. The predicted molar refractivity (Wildman–Crippen MR) is 63.4 cm³/mol. The lowest BCUT2D eigenvalue weighted by atomic mass is 10.1. The third-order valence-electron chi connectivity index (χ3n) is 2.05. The number of carboxylic acid groups (broad SMARTS) is 1. The summed E-state index contributed by atoms with van der Waals surface area (Å²) >= 11 is 0. The van der Waals surface area contributed by atoms with E-state index in [0.29, 0.717) is 11.3 Å². The molecule has 0 saturated carbocycles. The monoisotopic (exact) mass is 237 g/mol. The van der Waals surface area contributed by atoms with Gasteiger partial charge in [-0.25, -0.2) is 9.59 Å². The third kappa shape index (κ3) is 3.79. The summed E-state index contributed by atoms with van der Waals surface area (Å²) in [5.41, 5.74) is 1.40. The normalized spacial score (nSPS) is 10.1. The summed E-state index contributed by atoms with van der Waals surface area (Å²) in [4.78, 5) is 22.1. The molecule has 0 heterocycles. The van der Waals surface area contributed by atoms with Gasteiger partial charge in [-0.15, -0.1) is 0 Å². The summed E-state index contributed by atoms with van der Waals surface area (Å²) in [6.45, 7) is 5.22. The van der Waals surface area contributed by atoms with E-state index in [4.69, 9.17) is 9.84 Å². The van der Waals surface area contributed by atoms with Crippen LogP contribution in [-0.4, -0.2) is 23.3 Å². The van der Waals surface area contributed by atoms with Crippen molar-refractivity contribution in [2.45, 2.75) is 26.9 Å². The van der Waals surface area contributed by atoms with E-state index in [0.717, 1.165) is 0 Å². The zero-order valence-corrected chi connectivity index (χ0v) is 9.98. The van der Waals surface area contributed by atoms with Gasteiger partial charge in [0.2, 0.25) is 0 Å². The fourth-order valence-electron chi connectivity index (χ4n) is 1.29. The third-order valence-corrected chi connectivity index (χ3v) is 2.05. The van der Waals surface area contributed by atoms with Crippen molar-refractivity contribution in [2.75, 3.05) is 5.32 Å². The van der Waals surface area contributed by atoms with Crippen LogP contribution in [0.15, 0.2) is 18.2 Å². The number of hydrogen-bond acceptors (Lipinski definition) is 3. The van der Waals surface area contributed by atoms with Crippen LogP contribution in [0.4, 0.5) is 10.5 Å². The van der Waals surface area contributed by atoms with Crippen molar-refractivity contribution >= 4 is 17.7 Å². The van der Waals surface area contributed by atoms with Crippen LogP contribution >= 0.6 is 0 Å². The molecule has 0 fully saturated rings. The largest absolute Gasteiger partial charge is 0.478 e. The first-order chi connectivity index (χ1) is 7.90. The molecule has 1 rings (SSSR count). The van der Waals surface area contributed by atoms with Crippen molar-refractivity contribution in [3.63, 3.8) is 0 Å². The number of anilines is 1. The molecule has 0 atom stereocenters. The number of rotatable bonds is 3. The Labute approximate surface area is 99.4 Å². The highest BCUT2D eigenvalue weighted by molar-refractivity contribution is 5.90. The van der Waals surface area contributed by atoms with E-state index in [1.165, 1.54) is 12.1 Å². The van der Waals surface area contributed by atoms with Gasteiger partial charge in [-0.3, -0.25) is 5.32 Å². The lowest BCUT2D eigenvalue weighted by Crippen LogP contribution is -2.18. The smallest absolute Gasteiger partial charge is 0.411 e. The molecule has 0 saturated heterocycles. The van der Waals surface area contributed by atoms with E-state index in [9.17, 15) is 9.59 Å². The minimum absolute atomic E-state index is 0.185. The number of aryl methyl sites for hydroxylation is 1. The number of carbonyl (C=O) groups is 2. The van der Waals surface area contributed by atoms with E-state index in [-0.39, 0.29) is 11.7 Å². The zero-order chi connectivity index (χ0) is 13.0. The molecule has 0 aromatic heterocycles. The second kappa shape index (κ2) is 5.34. The fraction of sp³-hybridized carbons (Fsp3) is 0.333. The standard InChI is InChI=1S/C12H15NO4/c1-7(2)17-12(16)13-10-5-4-9(11(14)15)6-8(10)3/h4-7H,1-3H3,(H,13,16)(H,14,15). The Hall–Kier alpha value is -2.04. The molecule has 92 valence electrons. The Bertz CT molecular complexity index is 440. The maximum Gasteiger partial charge on any atom is 0.411 e. The Morgan fingerprint density at radius 3 is 2.47 bits per heavy atom. The summed E-state index contributed by atoms with van der Waals surface area (Å²) in [5, 5.41) is 11.3. The maximum atomic E-state index is 11.3. The average molecular weight is 237 g/mol. The molecule has 0 aliphatic heterocycles. The van der Waals surface area contributed by atoms with Gasteiger partial charge in [-0.05, 0) is 44.5 Å². The van der Waals surface area contributed by atoms with E-state index < -0.39 is 12.1 Å². The number of hydrogen-bond donors (Lipinski definition) is 2. The zero-order valence-electron chi connectivity index (χ0n) is 9.98. The quantitative estimate of drug-likeness (QED) is 0.847. The minimum Gasteiger partial charge on any atom is -0.478 e. The number of ether oxygens (including phenoxy) is 1. The first kappa shape index (κ1) is 13.0. The second-order valence-electron chi connectivity index (χ2n) is 3.91. The van der Waals surface area contributed by atoms with Gasteiger partial charge in [-0.1, -0.05) is 0 Å². The molecule has 5 nitrogen and oxygen atoms in total. The van der Waals surface area contributed by atoms with Crippen LogP contribution < -0.4 is 5.32 Å². The number of amides is 1. The molecule has 5 heteroatoms. The van der Waals surface area contributed by atoms with Crippen LogP contribution in [0.1, 0.15) is 29.8 Å². The van der Waals surface area contributed by atoms with Crippen molar-refractivity contribution in [2.24, 2.45) is 0 Å². The molecule has 17 heavy (non-hydrogen) atoms. The Kier molecular flexibility index (Phi) is 4.09. The summed E-state index contributed by atoms with van der Waals surface area (Å²) in [6.07, 6.45) is -0.750. The summed E-state index contributed by atoms with van der Waals surface area (Å²) < 4.78 is 4.92. The van der Waals surface area contributed by atoms with Crippen molar-refractivity contribution in [1.29, 1.82) is 0 Å². The van der Waals surface area contributed by atoms with Crippen LogP contribution in [0.5, 0.6) is 0 Å². The predicted octanol–water partition coefficient (Wildman–Crippen LogP) is 2.65. The molecule has 0 spiro atoms. The van der Waals surface area contributed by atoms with Crippen LogP contribution in [0.2, 0.25) is 0 Å². The molecule has 1 aromatic rings. The molecular weight excluding hydrogens is 222 g/mol. The number of carbonyl (C=O) groups excluding carboxylic acids is 1. The molecule has 1 amide bonds.